The van der Waals surface area contributed by atoms with Gasteiger partial charge in [0.15, 0.2) is 0 Å². The summed E-state index contributed by atoms with van der Waals surface area (Å²) in [4.78, 5) is 11.5. The van der Waals surface area contributed by atoms with Crippen LogP contribution in [0, 0.1) is 17.1 Å². The van der Waals surface area contributed by atoms with Crippen LogP contribution in [-0.2, 0) is 16.0 Å². The fraction of sp³-hybridized carbons (Fsp3) is 0.385. The number of carbonyl (C=O) groups is 1. The van der Waals surface area contributed by atoms with Gasteiger partial charge in [-0.15, -0.1) is 0 Å². The molecule has 0 N–H and O–H groups in total. The molecule has 17 heavy (non-hydrogen) atoms. The summed E-state index contributed by atoms with van der Waals surface area (Å²) in [6.07, 6.45) is 0.391. The van der Waals surface area contributed by atoms with Gasteiger partial charge >= 0.3 is 5.97 Å². The van der Waals surface area contributed by atoms with Crippen molar-refractivity contribution in [3.63, 3.8) is 0 Å². The molecule has 1 atom stereocenters. The molecule has 4 heteroatoms. The van der Waals surface area contributed by atoms with E-state index in [0.717, 1.165) is 0 Å². The van der Waals surface area contributed by atoms with Gasteiger partial charge in [-0.05, 0) is 19.4 Å². The normalized spacial score (nSPS) is 11.6. The van der Waals surface area contributed by atoms with E-state index in [4.69, 9.17) is 10.00 Å². The first-order valence-electron chi connectivity index (χ1n) is 5.45. The van der Waals surface area contributed by atoms with Gasteiger partial charge in [0, 0.05) is 5.56 Å². The molecule has 90 valence electrons. The van der Waals surface area contributed by atoms with Crippen molar-refractivity contribution in [2.75, 3.05) is 0 Å². The molecule has 0 aliphatic rings. The highest BCUT2D eigenvalue weighted by Crippen LogP contribution is 2.13. The zero-order valence-corrected chi connectivity index (χ0v) is 9.87. The molecule has 0 aliphatic carbocycles. The average molecular weight is 235 g/mol. The van der Waals surface area contributed by atoms with E-state index in [-0.39, 0.29) is 23.7 Å². The second kappa shape index (κ2) is 6.00. The highest BCUT2D eigenvalue weighted by Gasteiger charge is 2.13. The summed E-state index contributed by atoms with van der Waals surface area (Å²) in [6.45, 7) is 3.68. The van der Waals surface area contributed by atoms with Crippen LogP contribution in [0.15, 0.2) is 18.2 Å². The monoisotopic (exact) mass is 235 g/mol. The topological polar surface area (TPSA) is 50.1 Å². The van der Waals surface area contributed by atoms with Crippen LogP contribution in [0.2, 0.25) is 0 Å². The van der Waals surface area contributed by atoms with Gasteiger partial charge in [-0.25, -0.2) is 4.39 Å². The van der Waals surface area contributed by atoms with Crippen molar-refractivity contribution >= 4 is 5.97 Å². The van der Waals surface area contributed by atoms with Crippen molar-refractivity contribution < 1.29 is 13.9 Å². The lowest BCUT2D eigenvalue weighted by molar-refractivity contribution is -0.147. The SMILES string of the molecule is CCC(C)OC(=O)Cc1cccc(C#N)c1F. The minimum absolute atomic E-state index is 0.0566. The summed E-state index contributed by atoms with van der Waals surface area (Å²) in [5, 5.41) is 8.65. The average Bonchev–Trinajstić information content (AvgIpc) is 2.31. The van der Waals surface area contributed by atoms with Crippen LogP contribution < -0.4 is 0 Å². The van der Waals surface area contributed by atoms with Crippen LogP contribution in [0.4, 0.5) is 4.39 Å². The Morgan fingerprint density at radius 2 is 2.29 bits per heavy atom. The van der Waals surface area contributed by atoms with Crippen molar-refractivity contribution in [1.29, 1.82) is 5.26 Å². The number of carbonyl (C=O) groups excluding carboxylic acids is 1. The first kappa shape index (κ1) is 13.2. The maximum atomic E-state index is 13.6. The highest BCUT2D eigenvalue weighted by molar-refractivity contribution is 5.73. The van der Waals surface area contributed by atoms with Gasteiger partial charge in [0.1, 0.15) is 11.9 Å². The molecule has 0 heterocycles. The Hall–Kier alpha value is -1.89. The van der Waals surface area contributed by atoms with E-state index in [1.165, 1.54) is 12.1 Å². The molecule has 3 nitrogen and oxygen atoms in total. The maximum Gasteiger partial charge on any atom is 0.310 e. The fourth-order valence-corrected chi connectivity index (χ4v) is 1.31. The molecular formula is C13H14FNO2. The molecule has 1 rings (SSSR count). The molecular weight excluding hydrogens is 221 g/mol. The molecule has 0 amide bonds. The van der Waals surface area contributed by atoms with Crippen LogP contribution in [0.25, 0.3) is 0 Å². The third-order valence-corrected chi connectivity index (χ3v) is 2.44. The fourth-order valence-electron chi connectivity index (χ4n) is 1.31. The molecule has 0 bridgehead atoms. The predicted molar refractivity (Wildman–Crippen MR) is 60.7 cm³/mol. The van der Waals surface area contributed by atoms with Gasteiger partial charge in [0.25, 0.3) is 0 Å². The summed E-state index contributed by atoms with van der Waals surface area (Å²) < 4.78 is 18.7. The minimum Gasteiger partial charge on any atom is -0.462 e. The number of ether oxygens (including phenoxy) is 1. The molecule has 0 aromatic heterocycles. The standard InChI is InChI=1S/C13H14FNO2/c1-3-9(2)17-12(16)7-10-5-4-6-11(8-15)13(10)14/h4-6,9H,3,7H2,1-2H3. The Morgan fingerprint density at radius 3 is 2.88 bits per heavy atom. The van der Waals surface area contributed by atoms with E-state index in [1.54, 1.807) is 19.1 Å². The Morgan fingerprint density at radius 1 is 1.59 bits per heavy atom. The summed E-state index contributed by atoms with van der Waals surface area (Å²) in [5.74, 6) is -1.12. The molecule has 0 fully saturated rings. The van der Waals surface area contributed by atoms with E-state index < -0.39 is 11.8 Å². The number of rotatable bonds is 4. The van der Waals surface area contributed by atoms with Gasteiger partial charge in [0.2, 0.25) is 0 Å². The predicted octanol–water partition coefficient (Wildman–Crippen LogP) is 2.58. The number of hydrogen-bond donors (Lipinski definition) is 0. The molecule has 0 aliphatic heterocycles. The van der Waals surface area contributed by atoms with Gasteiger partial charge in [-0.1, -0.05) is 19.1 Å². The van der Waals surface area contributed by atoms with Gasteiger partial charge < -0.3 is 4.74 Å². The van der Waals surface area contributed by atoms with Crippen LogP contribution in [0.3, 0.4) is 0 Å². The van der Waals surface area contributed by atoms with E-state index in [2.05, 4.69) is 0 Å². The second-order valence-electron chi connectivity index (χ2n) is 3.78. The van der Waals surface area contributed by atoms with E-state index in [0.29, 0.717) is 6.42 Å². The molecule has 1 aromatic rings. The Labute approximate surface area is 99.8 Å². The summed E-state index contributed by atoms with van der Waals surface area (Å²) >= 11 is 0. The van der Waals surface area contributed by atoms with Crippen molar-refractivity contribution in [3.8, 4) is 6.07 Å². The number of nitrogens with zero attached hydrogens (tertiary/aromatic N) is 1. The number of nitriles is 1. The largest absolute Gasteiger partial charge is 0.462 e. The van der Waals surface area contributed by atoms with Crippen LogP contribution in [0.5, 0.6) is 0 Å². The number of halogens is 1. The molecule has 1 aromatic carbocycles. The number of hydrogen-bond acceptors (Lipinski definition) is 3. The molecule has 1 unspecified atom stereocenters. The maximum absolute atomic E-state index is 13.6. The van der Waals surface area contributed by atoms with Crippen LogP contribution >= 0.6 is 0 Å². The smallest absolute Gasteiger partial charge is 0.310 e. The summed E-state index contributed by atoms with van der Waals surface area (Å²) in [7, 11) is 0. The first-order valence-corrected chi connectivity index (χ1v) is 5.45. The van der Waals surface area contributed by atoms with E-state index in [9.17, 15) is 9.18 Å². The zero-order valence-electron chi connectivity index (χ0n) is 9.87. The van der Waals surface area contributed by atoms with Gasteiger partial charge in [0.05, 0.1) is 18.1 Å². The quantitative estimate of drug-likeness (QED) is 0.753. The van der Waals surface area contributed by atoms with E-state index >= 15 is 0 Å². The summed E-state index contributed by atoms with van der Waals surface area (Å²) in [6, 6.07) is 6.14. The van der Waals surface area contributed by atoms with Crippen LogP contribution in [-0.4, -0.2) is 12.1 Å². The number of benzene rings is 1. The second-order valence-corrected chi connectivity index (χ2v) is 3.78. The Kier molecular flexibility index (Phi) is 4.65. The third kappa shape index (κ3) is 3.56. The van der Waals surface area contributed by atoms with Crippen LogP contribution in [0.1, 0.15) is 31.4 Å². The Balaban J connectivity index is 2.76. The zero-order chi connectivity index (χ0) is 12.8. The lowest BCUT2D eigenvalue weighted by Gasteiger charge is -2.11. The minimum atomic E-state index is -0.642. The molecule has 0 saturated heterocycles. The van der Waals surface area contributed by atoms with Crippen molar-refractivity contribution in [1.82, 2.24) is 0 Å². The Bertz CT molecular complexity index is 451. The lowest BCUT2D eigenvalue weighted by atomic mass is 10.1. The molecule has 0 spiro atoms. The lowest BCUT2D eigenvalue weighted by Crippen LogP contribution is -2.16. The van der Waals surface area contributed by atoms with Gasteiger partial charge in [-0.3, -0.25) is 4.79 Å². The molecule has 0 saturated carbocycles. The molecule has 0 radical (unpaired) electrons. The highest BCUT2D eigenvalue weighted by atomic mass is 19.1. The first-order chi connectivity index (χ1) is 8.08. The van der Waals surface area contributed by atoms with Crippen molar-refractivity contribution in [3.05, 3.63) is 35.1 Å². The number of esters is 1. The van der Waals surface area contributed by atoms with Crippen molar-refractivity contribution in [2.24, 2.45) is 0 Å². The van der Waals surface area contributed by atoms with Crippen molar-refractivity contribution in [2.45, 2.75) is 32.8 Å². The van der Waals surface area contributed by atoms with E-state index in [1.807, 2.05) is 6.92 Å². The van der Waals surface area contributed by atoms with Gasteiger partial charge in [-0.2, -0.15) is 5.26 Å². The summed E-state index contributed by atoms with van der Waals surface area (Å²) in [5.41, 5.74) is 0.135. The third-order valence-electron chi connectivity index (χ3n) is 2.44.